The fourth-order valence-corrected chi connectivity index (χ4v) is 6.40. The fraction of sp³-hybridized carbons (Fsp3) is 0.276. The fourth-order valence-electron chi connectivity index (χ4n) is 4.41. The summed E-state index contributed by atoms with van der Waals surface area (Å²) in [4.78, 5) is 41.7. The van der Waals surface area contributed by atoms with Crippen molar-refractivity contribution >= 4 is 50.9 Å². The highest BCUT2D eigenvalue weighted by atomic mass is 35.5. The van der Waals surface area contributed by atoms with E-state index in [9.17, 15) is 22.8 Å². The van der Waals surface area contributed by atoms with Gasteiger partial charge < -0.3 is 10.2 Å². The standard InChI is InChI=1S/C29H29Cl2N3O5S/c1-19(2)16-32-28(36)25(14-20-8-4-3-5-9-20)33(17-21-12-13-22(30)15-24(21)31)27(35)18-34-29(37)23-10-6-7-11-26(23)40(34,38)39/h3-13,15,19,25H,14,16-18H2,1-2H3,(H,32,36)/t25-/m0/s1. The lowest BCUT2D eigenvalue weighted by atomic mass is 10.0. The monoisotopic (exact) mass is 601 g/mol. The smallest absolute Gasteiger partial charge is 0.269 e. The number of carbonyl (C=O) groups is 3. The second-order valence-corrected chi connectivity index (χ2v) is 12.6. The van der Waals surface area contributed by atoms with Crippen LogP contribution in [0.5, 0.6) is 0 Å². The minimum atomic E-state index is -4.24. The zero-order valence-corrected chi connectivity index (χ0v) is 24.3. The van der Waals surface area contributed by atoms with Crippen molar-refractivity contribution in [2.45, 2.75) is 37.8 Å². The third-order valence-corrected chi connectivity index (χ3v) is 8.88. The number of rotatable bonds is 10. The molecule has 4 rings (SSSR count). The number of amides is 3. The van der Waals surface area contributed by atoms with Gasteiger partial charge in [-0.3, -0.25) is 14.4 Å². The van der Waals surface area contributed by atoms with Crippen LogP contribution < -0.4 is 5.32 Å². The summed E-state index contributed by atoms with van der Waals surface area (Å²) >= 11 is 12.5. The number of nitrogens with zero attached hydrogens (tertiary/aromatic N) is 2. The Bertz CT molecular complexity index is 1530. The van der Waals surface area contributed by atoms with Crippen molar-refractivity contribution in [2.24, 2.45) is 5.92 Å². The molecule has 3 amide bonds. The van der Waals surface area contributed by atoms with Crippen LogP contribution in [0, 0.1) is 5.92 Å². The highest BCUT2D eigenvalue weighted by Gasteiger charge is 2.43. The highest BCUT2D eigenvalue weighted by Crippen LogP contribution is 2.30. The largest absolute Gasteiger partial charge is 0.354 e. The Labute approximate surface area is 243 Å². The van der Waals surface area contributed by atoms with Crippen molar-refractivity contribution in [2.75, 3.05) is 13.1 Å². The van der Waals surface area contributed by atoms with E-state index in [-0.39, 0.29) is 34.4 Å². The van der Waals surface area contributed by atoms with Gasteiger partial charge in [-0.15, -0.1) is 0 Å². The molecule has 0 aromatic heterocycles. The van der Waals surface area contributed by atoms with Gasteiger partial charge in [0.25, 0.3) is 15.9 Å². The molecular formula is C29H29Cl2N3O5S. The molecule has 1 atom stereocenters. The van der Waals surface area contributed by atoms with E-state index in [0.29, 0.717) is 21.4 Å². The number of sulfonamides is 1. The highest BCUT2D eigenvalue weighted by molar-refractivity contribution is 7.90. The number of carbonyl (C=O) groups excluding carboxylic acids is 3. The van der Waals surface area contributed by atoms with Gasteiger partial charge in [0, 0.05) is 29.6 Å². The molecule has 0 aliphatic carbocycles. The van der Waals surface area contributed by atoms with Gasteiger partial charge in [-0.1, -0.05) is 85.6 Å². The molecule has 0 unspecified atom stereocenters. The van der Waals surface area contributed by atoms with Crippen molar-refractivity contribution in [3.8, 4) is 0 Å². The molecule has 210 valence electrons. The Kier molecular flexibility index (Phi) is 9.18. The van der Waals surface area contributed by atoms with Gasteiger partial charge >= 0.3 is 0 Å². The van der Waals surface area contributed by atoms with Crippen LogP contribution in [0.4, 0.5) is 0 Å². The molecule has 0 spiro atoms. The van der Waals surface area contributed by atoms with E-state index in [1.54, 1.807) is 18.2 Å². The molecule has 1 aliphatic rings. The molecule has 1 heterocycles. The normalized spacial score (nSPS) is 14.6. The summed E-state index contributed by atoms with van der Waals surface area (Å²) in [6.07, 6.45) is 0.155. The maximum absolute atomic E-state index is 14.0. The number of fused-ring (bicyclic) bond motifs is 1. The Morgan fingerprint density at radius 2 is 1.65 bits per heavy atom. The van der Waals surface area contributed by atoms with Crippen LogP contribution in [0.3, 0.4) is 0 Å². The van der Waals surface area contributed by atoms with E-state index in [2.05, 4.69) is 5.32 Å². The molecular weight excluding hydrogens is 573 g/mol. The summed E-state index contributed by atoms with van der Waals surface area (Å²) in [5.41, 5.74) is 1.30. The third-order valence-electron chi connectivity index (χ3n) is 6.50. The van der Waals surface area contributed by atoms with Crippen LogP contribution >= 0.6 is 23.2 Å². The van der Waals surface area contributed by atoms with Gasteiger partial charge in [0.1, 0.15) is 17.5 Å². The van der Waals surface area contributed by atoms with Crippen LogP contribution in [0.25, 0.3) is 0 Å². The zero-order valence-electron chi connectivity index (χ0n) is 22.0. The van der Waals surface area contributed by atoms with Gasteiger partial charge in [-0.25, -0.2) is 12.7 Å². The molecule has 3 aromatic rings. The molecule has 11 heteroatoms. The predicted molar refractivity (Wildman–Crippen MR) is 153 cm³/mol. The lowest BCUT2D eigenvalue weighted by molar-refractivity contribution is -0.141. The SMILES string of the molecule is CC(C)CNC(=O)[C@H](Cc1ccccc1)N(Cc1ccc(Cl)cc1Cl)C(=O)CN1C(=O)c2ccccc2S1(=O)=O. The van der Waals surface area contributed by atoms with E-state index in [4.69, 9.17) is 23.2 Å². The Balaban J connectivity index is 1.73. The number of hydrogen-bond donors (Lipinski definition) is 1. The van der Waals surface area contributed by atoms with Gasteiger partial charge in [-0.2, -0.15) is 0 Å². The third kappa shape index (κ3) is 6.49. The Morgan fingerprint density at radius 3 is 2.30 bits per heavy atom. The molecule has 3 aromatic carbocycles. The van der Waals surface area contributed by atoms with E-state index >= 15 is 0 Å². The average Bonchev–Trinajstić information content (AvgIpc) is 3.11. The van der Waals surface area contributed by atoms with Crippen LogP contribution in [0.1, 0.15) is 35.3 Å². The van der Waals surface area contributed by atoms with Gasteiger partial charge in [0.05, 0.1) is 5.56 Å². The van der Waals surface area contributed by atoms with Crippen LogP contribution in [-0.2, 0) is 32.6 Å². The summed E-state index contributed by atoms with van der Waals surface area (Å²) in [6.45, 7) is 3.39. The molecule has 0 fully saturated rings. The average molecular weight is 603 g/mol. The summed E-state index contributed by atoms with van der Waals surface area (Å²) in [5, 5.41) is 3.57. The first-order valence-corrected chi connectivity index (χ1v) is 14.9. The number of halogens is 2. The van der Waals surface area contributed by atoms with Crippen molar-refractivity contribution in [3.05, 3.63) is 99.5 Å². The van der Waals surface area contributed by atoms with Gasteiger partial charge in [0.15, 0.2) is 0 Å². The Morgan fingerprint density at radius 1 is 0.975 bits per heavy atom. The van der Waals surface area contributed by atoms with Gasteiger partial charge in [0.2, 0.25) is 11.8 Å². The minimum absolute atomic E-state index is 0.00175. The maximum atomic E-state index is 14.0. The summed E-state index contributed by atoms with van der Waals surface area (Å²) in [6, 6.07) is 18.7. The first-order chi connectivity index (χ1) is 19.0. The summed E-state index contributed by atoms with van der Waals surface area (Å²) in [5.74, 6) is -1.77. The van der Waals surface area contributed by atoms with Crippen LogP contribution in [-0.4, -0.2) is 54.5 Å². The van der Waals surface area contributed by atoms with Crippen molar-refractivity contribution in [1.29, 1.82) is 0 Å². The first kappa shape index (κ1) is 29.6. The van der Waals surface area contributed by atoms with Crippen molar-refractivity contribution in [3.63, 3.8) is 0 Å². The van der Waals surface area contributed by atoms with E-state index in [1.807, 2.05) is 44.2 Å². The second-order valence-electron chi connectivity index (χ2n) is 9.91. The van der Waals surface area contributed by atoms with E-state index in [1.165, 1.54) is 29.2 Å². The number of nitrogens with one attached hydrogen (secondary N) is 1. The first-order valence-electron chi connectivity index (χ1n) is 12.7. The van der Waals surface area contributed by atoms with Crippen LogP contribution in [0.15, 0.2) is 77.7 Å². The van der Waals surface area contributed by atoms with Crippen molar-refractivity contribution < 1.29 is 22.8 Å². The number of hydrogen-bond acceptors (Lipinski definition) is 5. The molecule has 0 saturated carbocycles. The molecule has 0 bridgehead atoms. The minimum Gasteiger partial charge on any atom is -0.354 e. The van der Waals surface area contributed by atoms with Crippen LogP contribution in [0.2, 0.25) is 10.0 Å². The topological polar surface area (TPSA) is 104 Å². The van der Waals surface area contributed by atoms with E-state index < -0.39 is 40.3 Å². The summed E-state index contributed by atoms with van der Waals surface area (Å²) < 4.78 is 26.9. The second kappa shape index (κ2) is 12.4. The summed E-state index contributed by atoms with van der Waals surface area (Å²) in [7, 11) is -4.24. The molecule has 1 aliphatic heterocycles. The predicted octanol–water partition coefficient (Wildman–Crippen LogP) is 4.55. The van der Waals surface area contributed by atoms with Crippen molar-refractivity contribution in [1.82, 2.24) is 14.5 Å². The Hall–Kier alpha value is -3.40. The molecule has 0 radical (unpaired) electrons. The molecule has 40 heavy (non-hydrogen) atoms. The lowest BCUT2D eigenvalue weighted by Crippen LogP contribution is -2.53. The molecule has 1 N–H and O–H groups in total. The molecule has 8 nitrogen and oxygen atoms in total. The molecule has 0 saturated heterocycles. The maximum Gasteiger partial charge on any atom is 0.269 e. The quantitative estimate of drug-likeness (QED) is 0.367. The van der Waals surface area contributed by atoms with Gasteiger partial charge in [-0.05, 0) is 41.3 Å². The zero-order chi connectivity index (χ0) is 29.0. The number of benzene rings is 3. The van der Waals surface area contributed by atoms with E-state index in [0.717, 1.165) is 5.56 Å². The lowest BCUT2D eigenvalue weighted by Gasteiger charge is -2.33.